The molecule has 17 heavy (non-hydrogen) atoms. The van der Waals surface area contributed by atoms with Crippen LogP contribution in [0, 0.1) is 5.92 Å². The van der Waals surface area contributed by atoms with Gasteiger partial charge in [-0.15, -0.1) is 0 Å². The van der Waals surface area contributed by atoms with Gasteiger partial charge in [0.25, 0.3) is 0 Å². The van der Waals surface area contributed by atoms with E-state index in [0.717, 1.165) is 19.1 Å². The molecule has 0 aromatic heterocycles. The zero-order valence-electron chi connectivity index (χ0n) is 11.9. The minimum Gasteiger partial charge on any atom is -0.383 e. The molecule has 0 bridgehead atoms. The van der Waals surface area contributed by atoms with Gasteiger partial charge in [-0.2, -0.15) is 0 Å². The third kappa shape index (κ3) is 5.36. The van der Waals surface area contributed by atoms with Crippen LogP contribution in [-0.2, 0) is 4.74 Å². The lowest BCUT2D eigenvalue weighted by Gasteiger charge is -2.27. The molecule has 102 valence electrons. The number of nitrogens with zero attached hydrogens (tertiary/aromatic N) is 1. The first kappa shape index (κ1) is 14.9. The van der Waals surface area contributed by atoms with E-state index >= 15 is 0 Å². The van der Waals surface area contributed by atoms with Gasteiger partial charge in [-0.1, -0.05) is 20.3 Å². The second-order valence-electron chi connectivity index (χ2n) is 5.25. The van der Waals surface area contributed by atoms with E-state index in [-0.39, 0.29) is 0 Å². The van der Waals surface area contributed by atoms with Crippen molar-refractivity contribution in [1.82, 2.24) is 10.2 Å². The Hall–Kier alpha value is -0.120. The highest BCUT2D eigenvalue weighted by Crippen LogP contribution is 2.20. The Kier molecular flexibility index (Phi) is 7.82. The van der Waals surface area contributed by atoms with Gasteiger partial charge in [0.1, 0.15) is 0 Å². The van der Waals surface area contributed by atoms with Crippen LogP contribution in [0.2, 0.25) is 0 Å². The molecule has 1 saturated heterocycles. The van der Waals surface area contributed by atoms with Crippen LogP contribution in [0.3, 0.4) is 0 Å². The molecule has 1 heterocycles. The van der Waals surface area contributed by atoms with Crippen molar-refractivity contribution in [3.63, 3.8) is 0 Å². The highest BCUT2D eigenvalue weighted by atomic mass is 16.5. The summed E-state index contributed by atoms with van der Waals surface area (Å²) in [6, 6.07) is 0.640. The molecule has 1 fully saturated rings. The Morgan fingerprint density at radius 2 is 2.18 bits per heavy atom. The van der Waals surface area contributed by atoms with Crippen LogP contribution < -0.4 is 5.32 Å². The summed E-state index contributed by atoms with van der Waals surface area (Å²) in [4.78, 5) is 2.63. The molecule has 2 atom stereocenters. The molecule has 0 aromatic carbocycles. The van der Waals surface area contributed by atoms with Crippen LogP contribution in [0.15, 0.2) is 0 Å². The molecular weight excluding hydrogens is 212 g/mol. The van der Waals surface area contributed by atoms with Gasteiger partial charge in [-0.25, -0.2) is 0 Å². The average Bonchev–Trinajstić information content (AvgIpc) is 2.78. The van der Waals surface area contributed by atoms with Crippen molar-refractivity contribution in [2.45, 2.75) is 45.6 Å². The van der Waals surface area contributed by atoms with Crippen molar-refractivity contribution in [3.05, 3.63) is 0 Å². The Morgan fingerprint density at radius 3 is 2.82 bits per heavy atom. The standard InChI is InChI=1S/C14H30N2O/c1-4-6-14(12-17-3)16-9-7-13(11-16)10-15-8-5-2/h13-15H,4-12H2,1-3H3. The van der Waals surface area contributed by atoms with Crippen LogP contribution >= 0.6 is 0 Å². The fraction of sp³-hybridized carbons (Fsp3) is 1.00. The SMILES string of the molecule is CCCNCC1CCN(C(CCC)COC)C1. The van der Waals surface area contributed by atoms with Gasteiger partial charge in [0.2, 0.25) is 0 Å². The molecule has 0 radical (unpaired) electrons. The summed E-state index contributed by atoms with van der Waals surface area (Å²) in [6.45, 7) is 10.2. The molecule has 2 unspecified atom stereocenters. The number of ether oxygens (including phenoxy) is 1. The first-order valence-electron chi connectivity index (χ1n) is 7.25. The number of likely N-dealkylation sites (tertiary alicyclic amines) is 1. The first-order chi connectivity index (χ1) is 8.31. The minimum absolute atomic E-state index is 0.640. The minimum atomic E-state index is 0.640. The van der Waals surface area contributed by atoms with E-state index in [1.54, 1.807) is 0 Å². The fourth-order valence-electron chi connectivity index (χ4n) is 2.74. The number of rotatable bonds is 9. The smallest absolute Gasteiger partial charge is 0.0618 e. The van der Waals surface area contributed by atoms with Crippen molar-refractivity contribution in [3.8, 4) is 0 Å². The maximum atomic E-state index is 5.35. The molecule has 1 aliphatic heterocycles. The molecule has 1 N–H and O–H groups in total. The van der Waals surface area contributed by atoms with Crippen LogP contribution in [0.1, 0.15) is 39.5 Å². The third-order valence-corrected chi connectivity index (χ3v) is 3.67. The molecule has 0 aromatic rings. The van der Waals surface area contributed by atoms with Gasteiger partial charge in [0.05, 0.1) is 6.61 Å². The summed E-state index contributed by atoms with van der Waals surface area (Å²) >= 11 is 0. The lowest BCUT2D eigenvalue weighted by atomic mass is 10.1. The summed E-state index contributed by atoms with van der Waals surface area (Å²) in [5.41, 5.74) is 0. The molecule has 0 spiro atoms. The van der Waals surface area contributed by atoms with E-state index in [2.05, 4.69) is 24.1 Å². The van der Waals surface area contributed by atoms with Crippen molar-refractivity contribution in [2.75, 3.05) is 39.9 Å². The Labute approximate surface area is 107 Å². The lowest BCUT2D eigenvalue weighted by Crippen LogP contribution is -2.37. The van der Waals surface area contributed by atoms with Crippen molar-refractivity contribution in [2.24, 2.45) is 5.92 Å². The fourth-order valence-corrected chi connectivity index (χ4v) is 2.74. The van der Waals surface area contributed by atoms with Gasteiger partial charge in [-0.3, -0.25) is 4.90 Å². The monoisotopic (exact) mass is 242 g/mol. The van der Waals surface area contributed by atoms with Gasteiger partial charge in [-0.05, 0) is 44.8 Å². The van der Waals surface area contributed by atoms with Gasteiger partial charge < -0.3 is 10.1 Å². The van der Waals surface area contributed by atoms with E-state index in [1.165, 1.54) is 45.3 Å². The zero-order valence-corrected chi connectivity index (χ0v) is 11.9. The molecule has 3 nitrogen and oxygen atoms in total. The molecule has 3 heteroatoms. The van der Waals surface area contributed by atoms with Crippen molar-refractivity contribution >= 4 is 0 Å². The largest absolute Gasteiger partial charge is 0.383 e. The summed E-state index contributed by atoms with van der Waals surface area (Å²) in [5, 5.41) is 3.54. The van der Waals surface area contributed by atoms with Crippen LogP contribution in [0.4, 0.5) is 0 Å². The molecule has 1 aliphatic rings. The number of hydrogen-bond donors (Lipinski definition) is 1. The first-order valence-corrected chi connectivity index (χ1v) is 7.25. The van der Waals surface area contributed by atoms with Gasteiger partial charge in [0, 0.05) is 19.7 Å². The molecule has 0 aliphatic carbocycles. The van der Waals surface area contributed by atoms with E-state index in [4.69, 9.17) is 4.74 Å². The van der Waals surface area contributed by atoms with Crippen molar-refractivity contribution < 1.29 is 4.74 Å². The Morgan fingerprint density at radius 1 is 1.35 bits per heavy atom. The maximum Gasteiger partial charge on any atom is 0.0618 e. The highest BCUT2D eigenvalue weighted by molar-refractivity contribution is 4.82. The Bertz CT molecular complexity index is 181. The quantitative estimate of drug-likeness (QED) is 0.627. The van der Waals surface area contributed by atoms with Crippen LogP contribution in [0.25, 0.3) is 0 Å². The Balaban J connectivity index is 2.26. The predicted octanol–water partition coefficient (Wildman–Crippen LogP) is 2.12. The molecule has 1 rings (SSSR count). The van der Waals surface area contributed by atoms with E-state index in [0.29, 0.717) is 6.04 Å². The van der Waals surface area contributed by atoms with Gasteiger partial charge in [0.15, 0.2) is 0 Å². The molecule has 0 amide bonds. The van der Waals surface area contributed by atoms with Crippen molar-refractivity contribution in [1.29, 1.82) is 0 Å². The second-order valence-corrected chi connectivity index (χ2v) is 5.25. The average molecular weight is 242 g/mol. The predicted molar refractivity (Wildman–Crippen MR) is 73.4 cm³/mol. The van der Waals surface area contributed by atoms with E-state index in [9.17, 15) is 0 Å². The molecule has 0 saturated carbocycles. The van der Waals surface area contributed by atoms with E-state index < -0.39 is 0 Å². The zero-order chi connectivity index (χ0) is 12.5. The summed E-state index contributed by atoms with van der Waals surface area (Å²) in [5.74, 6) is 0.845. The van der Waals surface area contributed by atoms with Gasteiger partial charge >= 0.3 is 0 Å². The number of methoxy groups -OCH3 is 1. The number of nitrogens with one attached hydrogen (secondary N) is 1. The maximum absolute atomic E-state index is 5.35. The molecular formula is C14H30N2O. The van der Waals surface area contributed by atoms with Crippen LogP contribution in [-0.4, -0.2) is 50.8 Å². The number of hydrogen-bond acceptors (Lipinski definition) is 3. The normalized spacial score (nSPS) is 23.1. The summed E-state index contributed by atoms with van der Waals surface area (Å²) in [7, 11) is 1.82. The third-order valence-electron chi connectivity index (χ3n) is 3.67. The van der Waals surface area contributed by atoms with E-state index in [1.807, 2.05) is 7.11 Å². The highest BCUT2D eigenvalue weighted by Gasteiger charge is 2.27. The second kappa shape index (κ2) is 8.90. The summed E-state index contributed by atoms with van der Waals surface area (Å²) < 4.78 is 5.35. The van der Waals surface area contributed by atoms with Crippen LogP contribution in [0.5, 0.6) is 0 Å². The summed E-state index contributed by atoms with van der Waals surface area (Å²) in [6.07, 6.45) is 5.10. The topological polar surface area (TPSA) is 24.5 Å². The lowest BCUT2D eigenvalue weighted by molar-refractivity contribution is 0.0971.